The Kier molecular flexibility index (Phi) is 4.58. The van der Waals surface area contributed by atoms with Crippen molar-refractivity contribution in [3.05, 3.63) is 54.1 Å². The van der Waals surface area contributed by atoms with Gasteiger partial charge in [0.05, 0.1) is 0 Å². The van der Waals surface area contributed by atoms with Gasteiger partial charge in [-0.2, -0.15) is 0 Å². The average Bonchev–Trinajstić information content (AvgIpc) is 3.35. The number of urea groups is 1. The summed E-state index contributed by atoms with van der Waals surface area (Å²) in [4.78, 5) is 10.8. The summed E-state index contributed by atoms with van der Waals surface area (Å²) >= 11 is 0. The normalized spacial score (nSPS) is 14.0. The number of sulfonamides is 1. The van der Waals surface area contributed by atoms with E-state index in [2.05, 4.69) is 15.4 Å². The second-order valence-corrected chi connectivity index (χ2v) is 7.28. The van der Waals surface area contributed by atoms with Crippen molar-refractivity contribution in [2.45, 2.75) is 23.8 Å². The van der Waals surface area contributed by atoms with Crippen LogP contribution in [-0.4, -0.2) is 20.5 Å². The molecule has 2 aromatic rings. The molecule has 1 aliphatic rings. The largest absolute Gasteiger partial charge is 0.335 e. The van der Waals surface area contributed by atoms with E-state index in [1.165, 1.54) is 24.3 Å². The van der Waals surface area contributed by atoms with Gasteiger partial charge in [0.2, 0.25) is 0 Å². The van der Waals surface area contributed by atoms with E-state index >= 15 is 0 Å². The van der Waals surface area contributed by atoms with Crippen molar-refractivity contribution in [1.82, 2.24) is 5.32 Å². The monoisotopic (exact) mass is 367 g/mol. The van der Waals surface area contributed by atoms with Crippen LogP contribution in [0, 0.1) is 11.6 Å². The van der Waals surface area contributed by atoms with Crippen LogP contribution in [0.25, 0.3) is 0 Å². The Morgan fingerprint density at radius 2 is 1.64 bits per heavy atom. The molecule has 2 aromatic carbocycles. The first-order valence-corrected chi connectivity index (χ1v) is 8.97. The number of hydrogen-bond donors (Lipinski definition) is 3. The summed E-state index contributed by atoms with van der Waals surface area (Å²) in [5, 5.41) is 5.36. The fourth-order valence-corrected chi connectivity index (χ4v) is 3.24. The molecule has 0 spiro atoms. The van der Waals surface area contributed by atoms with E-state index in [1.807, 2.05) is 0 Å². The maximum Gasteiger partial charge on any atom is 0.319 e. The molecule has 3 N–H and O–H groups in total. The lowest BCUT2D eigenvalue weighted by Gasteiger charge is -2.10. The number of hydrogen-bond acceptors (Lipinski definition) is 3. The van der Waals surface area contributed by atoms with Gasteiger partial charge in [-0.25, -0.2) is 22.0 Å². The van der Waals surface area contributed by atoms with Gasteiger partial charge in [-0.3, -0.25) is 4.72 Å². The summed E-state index contributed by atoms with van der Waals surface area (Å²) < 4.78 is 53.3. The molecule has 2 amide bonds. The molecule has 1 saturated carbocycles. The minimum atomic E-state index is -4.27. The minimum Gasteiger partial charge on any atom is -0.335 e. The Morgan fingerprint density at radius 1 is 1.00 bits per heavy atom. The van der Waals surface area contributed by atoms with Crippen LogP contribution in [0.5, 0.6) is 0 Å². The average molecular weight is 367 g/mol. The summed E-state index contributed by atoms with van der Waals surface area (Å²) in [6.07, 6.45) is 1.93. The molecular weight excluding hydrogens is 352 g/mol. The molecule has 1 fully saturated rings. The van der Waals surface area contributed by atoms with Crippen LogP contribution in [0.3, 0.4) is 0 Å². The van der Waals surface area contributed by atoms with E-state index < -0.39 is 26.6 Å². The van der Waals surface area contributed by atoms with Crippen molar-refractivity contribution >= 4 is 27.4 Å². The van der Waals surface area contributed by atoms with Crippen LogP contribution in [0.15, 0.2) is 47.4 Å². The Morgan fingerprint density at radius 3 is 2.28 bits per heavy atom. The van der Waals surface area contributed by atoms with Crippen LogP contribution >= 0.6 is 0 Å². The van der Waals surface area contributed by atoms with Crippen molar-refractivity contribution in [2.24, 2.45) is 0 Å². The molecule has 0 atom stereocenters. The van der Waals surface area contributed by atoms with Gasteiger partial charge in [-0.05, 0) is 55.3 Å². The summed E-state index contributed by atoms with van der Waals surface area (Å²) in [5.74, 6) is -1.91. The van der Waals surface area contributed by atoms with E-state index in [0.717, 1.165) is 25.0 Å². The summed E-state index contributed by atoms with van der Waals surface area (Å²) in [5.41, 5.74) is 0.620. The number of anilines is 2. The highest BCUT2D eigenvalue weighted by molar-refractivity contribution is 7.92. The predicted octanol–water partition coefficient (Wildman–Crippen LogP) is 3.05. The van der Waals surface area contributed by atoms with Gasteiger partial charge in [0.1, 0.15) is 16.5 Å². The molecule has 0 aromatic heterocycles. The fraction of sp³-hybridized carbons (Fsp3) is 0.188. The van der Waals surface area contributed by atoms with Gasteiger partial charge in [0, 0.05) is 17.4 Å². The van der Waals surface area contributed by atoms with Crippen LogP contribution in [0.1, 0.15) is 12.8 Å². The molecule has 0 bridgehead atoms. The quantitative estimate of drug-likeness (QED) is 0.759. The van der Waals surface area contributed by atoms with Crippen molar-refractivity contribution in [3.63, 3.8) is 0 Å². The molecule has 6 nitrogen and oxygen atoms in total. The van der Waals surface area contributed by atoms with Gasteiger partial charge in [-0.15, -0.1) is 0 Å². The molecule has 0 aliphatic heterocycles. The number of nitrogens with one attached hydrogen (secondary N) is 3. The highest BCUT2D eigenvalue weighted by Gasteiger charge is 2.23. The predicted molar refractivity (Wildman–Crippen MR) is 88.8 cm³/mol. The molecular formula is C16H15F2N3O3S. The second-order valence-electron chi connectivity index (χ2n) is 5.63. The SMILES string of the molecule is O=C(Nc1ccc(NS(=O)(=O)c2cc(F)ccc2F)cc1)NC1CC1. The zero-order chi connectivity index (χ0) is 18.0. The highest BCUT2D eigenvalue weighted by atomic mass is 32.2. The Bertz CT molecular complexity index is 897. The summed E-state index contributed by atoms with van der Waals surface area (Å²) in [7, 11) is -4.27. The lowest BCUT2D eigenvalue weighted by molar-refractivity contribution is 0.251. The molecule has 25 heavy (non-hydrogen) atoms. The van der Waals surface area contributed by atoms with Crippen LogP contribution < -0.4 is 15.4 Å². The van der Waals surface area contributed by atoms with Gasteiger partial charge in [0.15, 0.2) is 0 Å². The molecule has 0 saturated heterocycles. The smallest absolute Gasteiger partial charge is 0.319 e. The van der Waals surface area contributed by atoms with Crippen molar-refractivity contribution < 1.29 is 22.0 Å². The molecule has 0 radical (unpaired) electrons. The van der Waals surface area contributed by atoms with Gasteiger partial charge >= 0.3 is 6.03 Å². The highest BCUT2D eigenvalue weighted by Crippen LogP contribution is 2.22. The maximum absolute atomic E-state index is 13.6. The van der Waals surface area contributed by atoms with E-state index in [0.29, 0.717) is 11.8 Å². The Balaban J connectivity index is 1.69. The number of benzene rings is 2. The lowest BCUT2D eigenvalue weighted by Crippen LogP contribution is -2.30. The van der Waals surface area contributed by atoms with Gasteiger partial charge < -0.3 is 10.6 Å². The third-order valence-electron chi connectivity index (χ3n) is 3.49. The Hall–Kier alpha value is -2.68. The molecule has 9 heteroatoms. The van der Waals surface area contributed by atoms with E-state index in [4.69, 9.17) is 0 Å². The zero-order valence-corrected chi connectivity index (χ0v) is 13.7. The van der Waals surface area contributed by atoms with Crippen molar-refractivity contribution in [1.29, 1.82) is 0 Å². The Labute approximate surface area is 143 Å². The number of rotatable bonds is 5. The third-order valence-corrected chi connectivity index (χ3v) is 4.89. The molecule has 132 valence electrons. The molecule has 3 rings (SSSR count). The lowest BCUT2D eigenvalue weighted by atomic mass is 10.3. The topological polar surface area (TPSA) is 87.3 Å². The number of carbonyl (C=O) groups is 1. The number of carbonyl (C=O) groups excluding carboxylic acids is 1. The van der Waals surface area contributed by atoms with E-state index in [1.54, 1.807) is 0 Å². The van der Waals surface area contributed by atoms with Crippen LogP contribution in [-0.2, 0) is 10.0 Å². The summed E-state index contributed by atoms with van der Waals surface area (Å²) in [6.45, 7) is 0. The third kappa shape index (κ3) is 4.44. The van der Waals surface area contributed by atoms with Crippen LogP contribution in [0.4, 0.5) is 25.0 Å². The van der Waals surface area contributed by atoms with Crippen molar-refractivity contribution in [2.75, 3.05) is 10.0 Å². The second kappa shape index (κ2) is 6.67. The zero-order valence-electron chi connectivity index (χ0n) is 12.9. The fourth-order valence-electron chi connectivity index (χ4n) is 2.10. The molecule has 0 unspecified atom stereocenters. The first kappa shape index (κ1) is 17.2. The molecule has 0 heterocycles. The number of amides is 2. The van der Waals surface area contributed by atoms with Crippen LogP contribution in [0.2, 0.25) is 0 Å². The summed E-state index contributed by atoms with van der Waals surface area (Å²) in [6, 6.07) is 7.86. The van der Waals surface area contributed by atoms with Crippen molar-refractivity contribution in [3.8, 4) is 0 Å². The first-order chi connectivity index (χ1) is 11.8. The maximum atomic E-state index is 13.6. The molecule has 1 aliphatic carbocycles. The van der Waals surface area contributed by atoms with E-state index in [9.17, 15) is 22.0 Å². The van der Waals surface area contributed by atoms with E-state index in [-0.39, 0.29) is 17.8 Å². The first-order valence-electron chi connectivity index (χ1n) is 7.49. The standard InChI is InChI=1S/C16H15F2N3O3S/c17-10-1-8-14(18)15(9-10)25(23,24)21-13-6-4-12(5-7-13)20-16(22)19-11-2-3-11/h1,4-9,11,21H,2-3H2,(H2,19,20,22). The van der Waals surface area contributed by atoms with Gasteiger partial charge in [-0.1, -0.05) is 0 Å². The minimum absolute atomic E-state index is 0.150. The number of halogens is 2. The van der Waals surface area contributed by atoms with Gasteiger partial charge in [0.25, 0.3) is 10.0 Å².